The van der Waals surface area contributed by atoms with Gasteiger partial charge in [0, 0.05) is 11.6 Å². The van der Waals surface area contributed by atoms with Gasteiger partial charge in [0.25, 0.3) is 5.91 Å². The summed E-state index contributed by atoms with van der Waals surface area (Å²) in [5, 5.41) is 5.92. The molecule has 1 N–H and O–H groups in total. The molecule has 0 radical (unpaired) electrons. The lowest BCUT2D eigenvalue weighted by atomic mass is 10.1. The Labute approximate surface area is 156 Å². The van der Waals surface area contributed by atoms with Crippen molar-refractivity contribution in [3.8, 4) is 17.1 Å². The number of anilines is 1. The highest BCUT2D eigenvalue weighted by Gasteiger charge is 2.31. The number of aromatic nitrogens is 1. The van der Waals surface area contributed by atoms with Crippen LogP contribution in [0.3, 0.4) is 0 Å². The van der Waals surface area contributed by atoms with Crippen LogP contribution in [-0.4, -0.2) is 18.2 Å². The molecule has 1 heterocycles. The van der Waals surface area contributed by atoms with Crippen molar-refractivity contribution in [2.24, 2.45) is 0 Å². The van der Waals surface area contributed by atoms with Crippen molar-refractivity contribution >= 4 is 23.2 Å². The SMILES string of the molecule is COc1ccc(-c2cc(C(=O)Nc3cc(C(F)(F)F)ccc3Cl)no2)cc1. The van der Waals surface area contributed by atoms with Crippen LogP contribution in [0.15, 0.2) is 53.1 Å². The summed E-state index contributed by atoms with van der Waals surface area (Å²) in [7, 11) is 1.53. The van der Waals surface area contributed by atoms with E-state index < -0.39 is 17.6 Å². The molecule has 0 aliphatic carbocycles. The Bertz CT molecular complexity index is 969. The van der Waals surface area contributed by atoms with E-state index >= 15 is 0 Å². The van der Waals surface area contributed by atoms with Crippen molar-refractivity contribution in [3.63, 3.8) is 0 Å². The van der Waals surface area contributed by atoms with Crippen molar-refractivity contribution in [3.05, 3.63) is 64.8 Å². The van der Waals surface area contributed by atoms with Crippen molar-refractivity contribution in [1.29, 1.82) is 0 Å². The fourth-order valence-corrected chi connectivity index (χ4v) is 2.42. The maximum Gasteiger partial charge on any atom is 0.416 e. The van der Waals surface area contributed by atoms with Crippen LogP contribution in [0.25, 0.3) is 11.3 Å². The molecule has 3 rings (SSSR count). The van der Waals surface area contributed by atoms with Crippen LogP contribution in [-0.2, 0) is 6.18 Å². The molecule has 1 aromatic heterocycles. The summed E-state index contributed by atoms with van der Waals surface area (Å²) in [5.41, 5.74) is -0.555. The second-order valence-electron chi connectivity index (χ2n) is 5.45. The number of hydrogen-bond donors (Lipinski definition) is 1. The first-order valence-corrected chi connectivity index (χ1v) is 7.95. The van der Waals surface area contributed by atoms with Gasteiger partial charge in [0.2, 0.25) is 0 Å². The highest BCUT2D eigenvalue weighted by molar-refractivity contribution is 6.33. The Kier molecular flexibility index (Phi) is 5.09. The molecule has 9 heteroatoms. The van der Waals surface area contributed by atoms with Gasteiger partial charge >= 0.3 is 6.18 Å². The summed E-state index contributed by atoms with van der Waals surface area (Å²) in [4.78, 5) is 12.3. The molecular formula is C18H12ClF3N2O3. The number of ether oxygens (including phenoxy) is 1. The number of hydrogen-bond acceptors (Lipinski definition) is 4. The molecule has 2 aromatic carbocycles. The molecular weight excluding hydrogens is 385 g/mol. The highest BCUT2D eigenvalue weighted by Crippen LogP contribution is 2.34. The van der Waals surface area contributed by atoms with E-state index in [1.165, 1.54) is 13.2 Å². The number of carbonyl (C=O) groups excluding carboxylic acids is 1. The third kappa shape index (κ3) is 4.22. The molecule has 1 amide bonds. The quantitative estimate of drug-likeness (QED) is 0.652. The number of rotatable bonds is 4. The second kappa shape index (κ2) is 7.32. The van der Waals surface area contributed by atoms with Crippen molar-refractivity contribution in [2.45, 2.75) is 6.18 Å². The molecule has 0 bridgehead atoms. The third-order valence-corrected chi connectivity index (χ3v) is 3.99. The van der Waals surface area contributed by atoms with Gasteiger partial charge in [0.05, 0.1) is 23.4 Å². The van der Waals surface area contributed by atoms with E-state index in [9.17, 15) is 18.0 Å². The van der Waals surface area contributed by atoms with E-state index in [4.69, 9.17) is 20.9 Å². The molecule has 0 saturated carbocycles. The Balaban J connectivity index is 1.80. The molecule has 0 aliphatic rings. The summed E-state index contributed by atoms with van der Waals surface area (Å²) in [5.74, 6) is 0.216. The van der Waals surface area contributed by atoms with Crippen LogP contribution in [0, 0.1) is 0 Å². The molecule has 27 heavy (non-hydrogen) atoms. The number of carbonyl (C=O) groups is 1. The number of nitrogens with zero attached hydrogens (tertiary/aromatic N) is 1. The summed E-state index contributed by atoms with van der Waals surface area (Å²) in [6.45, 7) is 0. The molecule has 3 aromatic rings. The van der Waals surface area contributed by atoms with Gasteiger partial charge in [-0.2, -0.15) is 13.2 Å². The number of amides is 1. The fraction of sp³-hybridized carbons (Fsp3) is 0.111. The number of nitrogens with one attached hydrogen (secondary N) is 1. The standard InChI is InChI=1S/C18H12ClF3N2O3/c1-26-12-5-2-10(3-6-12)16-9-15(24-27-16)17(25)23-14-8-11(18(20,21)22)4-7-13(14)19/h2-9H,1H3,(H,23,25). The molecule has 0 atom stereocenters. The Morgan fingerprint density at radius 3 is 2.48 bits per heavy atom. The normalized spacial score (nSPS) is 11.3. The largest absolute Gasteiger partial charge is 0.497 e. The van der Waals surface area contributed by atoms with Crippen LogP contribution in [0.5, 0.6) is 5.75 Å². The molecule has 0 aliphatic heterocycles. The summed E-state index contributed by atoms with van der Waals surface area (Å²) in [6, 6.07) is 10.9. The smallest absolute Gasteiger partial charge is 0.416 e. The van der Waals surface area contributed by atoms with Gasteiger partial charge in [0.15, 0.2) is 11.5 Å². The van der Waals surface area contributed by atoms with Gasteiger partial charge in [-0.25, -0.2) is 0 Å². The predicted octanol–water partition coefficient (Wildman–Crippen LogP) is 5.27. The first kappa shape index (κ1) is 18.8. The molecule has 0 saturated heterocycles. The topological polar surface area (TPSA) is 64.4 Å². The lowest BCUT2D eigenvalue weighted by Gasteiger charge is -2.10. The zero-order valence-electron chi connectivity index (χ0n) is 13.8. The van der Waals surface area contributed by atoms with E-state index in [-0.39, 0.29) is 16.4 Å². The van der Waals surface area contributed by atoms with E-state index in [2.05, 4.69) is 10.5 Å². The van der Waals surface area contributed by atoms with E-state index in [0.29, 0.717) is 17.1 Å². The van der Waals surface area contributed by atoms with Crippen molar-refractivity contribution in [2.75, 3.05) is 12.4 Å². The fourth-order valence-electron chi connectivity index (χ4n) is 2.26. The highest BCUT2D eigenvalue weighted by atomic mass is 35.5. The second-order valence-corrected chi connectivity index (χ2v) is 5.86. The number of benzene rings is 2. The Hall–Kier alpha value is -3.00. The lowest BCUT2D eigenvalue weighted by Crippen LogP contribution is -2.14. The van der Waals surface area contributed by atoms with Gasteiger partial charge in [-0.1, -0.05) is 16.8 Å². The minimum atomic E-state index is -4.56. The first-order valence-electron chi connectivity index (χ1n) is 7.57. The maximum atomic E-state index is 12.8. The van der Waals surface area contributed by atoms with Gasteiger partial charge in [0.1, 0.15) is 5.75 Å². The summed E-state index contributed by atoms with van der Waals surface area (Å²) >= 11 is 5.87. The minimum absolute atomic E-state index is 0.0322. The van der Waals surface area contributed by atoms with Crippen LogP contribution < -0.4 is 10.1 Å². The van der Waals surface area contributed by atoms with E-state index in [1.807, 2.05) is 0 Å². The van der Waals surface area contributed by atoms with Gasteiger partial charge in [-0.3, -0.25) is 4.79 Å². The number of halogens is 4. The molecule has 0 fully saturated rings. The third-order valence-electron chi connectivity index (χ3n) is 3.66. The molecule has 0 unspecified atom stereocenters. The minimum Gasteiger partial charge on any atom is -0.497 e. The first-order chi connectivity index (χ1) is 12.8. The van der Waals surface area contributed by atoms with Crippen LogP contribution in [0.2, 0.25) is 5.02 Å². The Morgan fingerprint density at radius 2 is 1.85 bits per heavy atom. The summed E-state index contributed by atoms with van der Waals surface area (Å²) < 4.78 is 48.6. The van der Waals surface area contributed by atoms with Crippen LogP contribution in [0.4, 0.5) is 18.9 Å². The van der Waals surface area contributed by atoms with E-state index in [0.717, 1.165) is 18.2 Å². The van der Waals surface area contributed by atoms with Crippen LogP contribution >= 0.6 is 11.6 Å². The zero-order chi connectivity index (χ0) is 19.6. The average molecular weight is 397 g/mol. The zero-order valence-corrected chi connectivity index (χ0v) is 14.6. The molecule has 0 spiro atoms. The van der Waals surface area contributed by atoms with Crippen LogP contribution in [0.1, 0.15) is 16.1 Å². The summed E-state index contributed by atoms with van der Waals surface area (Å²) in [6.07, 6.45) is -4.56. The van der Waals surface area contributed by atoms with Crippen molar-refractivity contribution in [1.82, 2.24) is 5.16 Å². The molecule has 5 nitrogen and oxygen atoms in total. The lowest BCUT2D eigenvalue weighted by molar-refractivity contribution is -0.137. The Morgan fingerprint density at radius 1 is 1.15 bits per heavy atom. The average Bonchev–Trinajstić information content (AvgIpc) is 3.13. The van der Waals surface area contributed by atoms with E-state index in [1.54, 1.807) is 24.3 Å². The monoisotopic (exact) mass is 396 g/mol. The molecule has 140 valence electrons. The van der Waals surface area contributed by atoms with Gasteiger partial charge < -0.3 is 14.6 Å². The number of methoxy groups -OCH3 is 1. The van der Waals surface area contributed by atoms with Gasteiger partial charge in [-0.15, -0.1) is 0 Å². The maximum absolute atomic E-state index is 12.8. The predicted molar refractivity (Wildman–Crippen MR) is 92.9 cm³/mol. The van der Waals surface area contributed by atoms with Crippen molar-refractivity contribution < 1.29 is 27.2 Å². The van der Waals surface area contributed by atoms with Gasteiger partial charge in [-0.05, 0) is 42.5 Å². The number of alkyl halides is 3.